The molecule has 1 aliphatic heterocycles. The molecule has 0 atom stereocenters. The molecule has 3 heteroatoms. The summed E-state index contributed by atoms with van der Waals surface area (Å²) in [6.07, 6.45) is 2.70. The number of likely N-dealkylation sites (tertiary alicyclic amines) is 1. The molecule has 1 aromatic carbocycles. The van der Waals surface area contributed by atoms with Crippen molar-refractivity contribution >= 4 is 21.6 Å². The van der Waals surface area contributed by atoms with E-state index in [2.05, 4.69) is 35.0 Å². The molecular weight excluding hydrogens is 228 g/mol. The fraction of sp³-hybridized carbons (Fsp3) is 0.500. The van der Waals surface area contributed by atoms with Gasteiger partial charge in [-0.25, -0.2) is 4.98 Å². The maximum atomic E-state index is 4.32. The second-order valence-electron chi connectivity index (χ2n) is 5.11. The van der Waals surface area contributed by atoms with Crippen molar-refractivity contribution in [2.24, 2.45) is 5.92 Å². The summed E-state index contributed by atoms with van der Waals surface area (Å²) >= 11 is 1.73. The van der Waals surface area contributed by atoms with E-state index in [4.69, 9.17) is 0 Å². The first-order valence-electron chi connectivity index (χ1n) is 6.36. The maximum Gasteiger partial charge on any atom is 0.0812 e. The van der Waals surface area contributed by atoms with Crippen LogP contribution in [0.2, 0.25) is 0 Å². The Bertz CT molecular complexity index is 498. The van der Waals surface area contributed by atoms with Gasteiger partial charge in [-0.3, -0.25) is 4.90 Å². The van der Waals surface area contributed by atoms with Gasteiger partial charge in [-0.15, -0.1) is 11.3 Å². The molecule has 0 bridgehead atoms. The van der Waals surface area contributed by atoms with Gasteiger partial charge in [0.05, 0.1) is 15.7 Å². The van der Waals surface area contributed by atoms with Crippen molar-refractivity contribution in [1.82, 2.24) is 9.88 Å². The lowest BCUT2D eigenvalue weighted by molar-refractivity contribution is 0.185. The number of hydrogen-bond donors (Lipinski definition) is 0. The van der Waals surface area contributed by atoms with Crippen LogP contribution in [0.15, 0.2) is 23.7 Å². The Morgan fingerprint density at radius 1 is 1.35 bits per heavy atom. The molecule has 0 spiro atoms. The van der Waals surface area contributed by atoms with Gasteiger partial charge >= 0.3 is 0 Å². The summed E-state index contributed by atoms with van der Waals surface area (Å²) in [6.45, 7) is 5.96. The number of nitrogens with zero attached hydrogens (tertiary/aromatic N) is 2. The van der Waals surface area contributed by atoms with Crippen molar-refractivity contribution in [3.63, 3.8) is 0 Å². The molecule has 2 aromatic rings. The van der Waals surface area contributed by atoms with E-state index in [0.717, 1.165) is 18.0 Å². The Morgan fingerprint density at radius 2 is 2.18 bits per heavy atom. The Labute approximate surface area is 106 Å². The first kappa shape index (κ1) is 11.2. The van der Waals surface area contributed by atoms with Crippen LogP contribution in [0.3, 0.4) is 0 Å². The lowest BCUT2D eigenvalue weighted by Gasteiger charge is -2.30. The van der Waals surface area contributed by atoms with Crippen molar-refractivity contribution in [1.29, 1.82) is 0 Å². The fourth-order valence-corrected chi connectivity index (χ4v) is 3.22. The molecule has 0 aliphatic carbocycles. The SMILES string of the molecule is CC1CCN(Cc2ccc3ncsc3c2)CC1. The highest BCUT2D eigenvalue weighted by Gasteiger charge is 2.15. The normalized spacial score (nSPS) is 18.9. The van der Waals surface area contributed by atoms with Gasteiger partial charge in [0.2, 0.25) is 0 Å². The van der Waals surface area contributed by atoms with Gasteiger partial charge in [0.25, 0.3) is 0 Å². The van der Waals surface area contributed by atoms with Crippen LogP contribution in [0.1, 0.15) is 25.3 Å². The van der Waals surface area contributed by atoms with E-state index in [1.54, 1.807) is 11.3 Å². The average molecular weight is 246 g/mol. The van der Waals surface area contributed by atoms with Crippen molar-refractivity contribution in [2.75, 3.05) is 13.1 Å². The molecule has 1 saturated heterocycles. The number of benzene rings is 1. The summed E-state index contributed by atoms with van der Waals surface area (Å²) in [4.78, 5) is 6.89. The molecule has 0 amide bonds. The highest BCUT2D eigenvalue weighted by atomic mass is 32.1. The fourth-order valence-electron chi connectivity index (χ4n) is 2.48. The third-order valence-corrected chi connectivity index (χ3v) is 4.47. The van der Waals surface area contributed by atoms with Gasteiger partial charge in [0.15, 0.2) is 0 Å². The van der Waals surface area contributed by atoms with Crippen LogP contribution in [0, 0.1) is 5.92 Å². The molecule has 1 aliphatic rings. The molecule has 90 valence electrons. The van der Waals surface area contributed by atoms with Gasteiger partial charge in [-0.05, 0) is 49.5 Å². The van der Waals surface area contributed by atoms with E-state index in [1.165, 1.54) is 36.2 Å². The van der Waals surface area contributed by atoms with Crippen LogP contribution < -0.4 is 0 Å². The first-order valence-corrected chi connectivity index (χ1v) is 7.24. The Kier molecular flexibility index (Phi) is 3.12. The van der Waals surface area contributed by atoms with Crippen LogP contribution in [0.4, 0.5) is 0 Å². The summed E-state index contributed by atoms with van der Waals surface area (Å²) < 4.78 is 1.31. The van der Waals surface area contributed by atoms with Crippen molar-refractivity contribution in [3.8, 4) is 0 Å². The topological polar surface area (TPSA) is 16.1 Å². The largest absolute Gasteiger partial charge is 0.299 e. The summed E-state index contributed by atoms with van der Waals surface area (Å²) in [7, 11) is 0. The minimum atomic E-state index is 0.912. The molecule has 3 rings (SSSR count). The van der Waals surface area contributed by atoms with E-state index < -0.39 is 0 Å². The van der Waals surface area contributed by atoms with E-state index in [0.29, 0.717) is 0 Å². The first-order chi connectivity index (χ1) is 8.31. The smallest absolute Gasteiger partial charge is 0.0812 e. The quantitative estimate of drug-likeness (QED) is 0.806. The predicted molar refractivity (Wildman–Crippen MR) is 73.3 cm³/mol. The van der Waals surface area contributed by atoms with Crippen LogP contribution in [-0.4, -0.2) is 23.0 Å². The number of rotatable bonds is 2. The standard InChI is InChI=1S/C14H18N2S/c1-11-4-6-16(7-5-11)9-12-2-3-13-14(8-12)17-10-15-13/h2-3,8,10-11H,4-7,9H2,1H3. The molecule has 0 radical (unpaired) electrons. The van der Waals surface area contributed by atoms with Crippen molar-refractivity contribution in [3.05, 3.63) is 29.3 Å². The predicted octanol–water partition coefficient (Wildman–Crippen LogP) is 3.53. The molecule has 1 aromatic heterocycles. The van der Waals surface area contributed by atoms with E-state index in [1.807, 2.05) is 5.51 Å². The molecule has 1 fully saturated rings. The highest BCUT2D eigenvalue weighted by Crippen LogP contribution is 2.22. The number of thiazole rings is 1. The number of fused-ring (bicyclic) bond motifs is 1. The summed E-state index contributed by atoms with van der Waals surface area (Å²) in [6, 6.07) is 6.67. The zero-order valence-electron chi connectivity index (χ0n) is 10.2. The van der Waals surface area contributed by atoms with Gasteiger partial charge < -0.3 is 0 Å². The lowest BCUT2D eigenvalue weighted by atomic mass is 9.99. The van der Waals surface area contributed by atoms with Gasteiger partial charge in [0, 0.05) is 6.54 Å². The molecule has 0 saturated carbocycles. The molecule has 2 nitrogen and oxygen atoms in total. The zero-order chi connectivity index (χ0) is 11.7. The lowest BCUT2D eigenvalue weighted by Crippen LogP contribution is -2.32. The zero-order valence-corrected chi connectivity index (χ0v) is 11.0. The highest BCUT2D eigenvalue weighted by molar-refractivity contribution is 7.16. The molecular formula is C14H18N2S. The van der Waals surface area contributed by atoms with Crippen LogP contribution in [-0.2, 0) is 6.54 Å². The Balaban J connectivity index is 1.71. The maximum absolute atomic E-state index is 4.32. The minimum absolute atomic E-state index is 0.912. The third kappa shape index (κ3) is 2.50. The number of piperidine rings is 1. The summed E-state index contributed by atoms with van der Waals surface area (Å²) in [5.74, 6) is 0.912. The molecule has 17 heavy (non-hydrogen) atoms. The van der Waals surface area contributed by atoms with Crippen molar-refractivity contribution in [2.45, 2.75) is 26.3 Å². The van der Waals surface area contributed by atoms with Gasteiger partial charge in [0.1, 0.15) is 0 Å². The Morgan fingerprint density at radius 3 is 3.00 bits per heavy atom. The molecule has 0 unspecified atom stereocenters. The monoisotopic (exact) mass is 246 g/mol. The van der Waals surface area contributed by atoms with Crippen LogP contribution >= 0.6 is 11.3 Å². The number of hydrogen-bond acceptors (Lipinski definition) is 3. The minimum Gasteiger partial charge on any atom is -0.299 e. The molecule has 2 heterocycles. The molecule has 0 N–H and O–H groups in total. The third-order valence-electron chi connectivity index (χ3n) is 3.68. The Hall–Kier alpha value is -0.930. The number of aromatic nitrogens is 1. The van der Waals surface area contributed by atoms with E-state index in [9.17, 15) is 0 Å². The van der Waals surface area contributed by atoms with Crippen LogP contribution in [0.5, 0.6) is 0 Å². The second-order valence-corrected chi connectivity index (χ2v) is 6.00. The summed E-state index contributed by atoms with van der Waals surface area (Å²) in [5, 5.41) is 0. The van der Waals surface area contributed by atoms with Crippen molar-refractivity contribution < 1.29 is 0 Å². The average Bonchev–Trinajstić information content (AvgIpc) is 2.79. The van der Waals surface area contributed by atoms with E-state index >= 15 is 0 Å². The van der Waals surface area contributed by atoms with Gasteiger partial charge in [-0.2, -0.15) is 0 Å². The second kappa shape index (κ2) is 4.75. The summed E-state index contributed by atoms with van der Waals surface area (Å²) in [5.41, 5.74) is 4.49. The van der Waals surface area contributed by atoms with E-state index in [-0.39, 0.29) is 0 Å². The van der Waals surface area contributed by atoms with Crippen LogP contribution in [0.25, 0.3) is 10.2 Å². The van der Waals surface area contributed by atoms with Gasteiger partial charge in [-0.1, -0.05) is 13.0 Å².